The van der Waals surface area contributed by atoms with Crippen LogP contribution in [0.1, 0.15) is 48.3 Å². The fourth-order valence-corrected chi connectivity index (χ4v) is 2.90. The summed E-state index contributed by atoms with van der Waals surface area (Å²) in [6.07, 6.45) is 4.75. The van der Waals surface area contributed by atoms with E-state index in [0.717, 1.165) is 35.4 Å². The number of ether oxygens (including phenoxy) is 1. The van der Waals surface area contributed by atoms with Crippen LogP contribution in [0.4, 0.5) is 0 Å². The molecule has 1 aromatic heterocycles. The van der Waals surface area contributed by atoms with E-state index in [1.54, 1.807) is 10.8 Å². The highest BCUT2D eigenvalue weighted by atomic mass is 16.5. The van der Waals surface area contributed by atoms with Gasteiger partial charge in [0.2, 0.25) is 0 Å². The van der Waals surface area contributed by atoms with E-state index in [2.05, 4.69) is 17.3 Å². The minimum Gasteiger partial charge on any atom is -0.452 e. The number of benzene rings is 1. The average molecular weight is 369 g/mol. The Bertz CT molecular complexity index is 810. The van der Waals surface area contributed by atoms with E-state index >= 15 is 0 Å². The average Bonchev–Trinajstić information content (AvgIpc) is 2.90. The van der Waals surface area contributed by atoms with Crippen molar-refractivity contribution in [1.82, 2.24) is 15.1 Å². The molecule has 0 saturated heterocycles. The fourth-order valence-electron chi connectivity index (χ4n) is 2.90. The summed E-state index contributed by atoms with van der Waals surface area (Å²) in [6.45, 7) is 5.56. The van der Waals surface area contributed by atoms with Gasteiger partial charge < -0.3 is 10.1 Å². The van der Waals surface area contributed by atoms with Gasteiger partial charge in [-0.05, 0) is 31.9 Å². The molecule has 1 atom stereocenters. The Hall–Kier alpha value is -2.89. The van der Waals surface area contributed by atoms with Crippen LogP contribution in [-0.2, 0) is 21.4 Å². The Morgan fingerprint density at radius 3 is 2.56 bits per heavy atom. The van der Waals surface area contributed by atoms with Gasteiger partial charge >= 0.3 is 5.97 Å². The highest BCUT2D eigenvalue weighted by Gasteiger charge is 2.14. The minimum absolute atomic E-state index is 0.0846. The summed E-state index contributed by atoms with van der Waals surface area (Å²) >= 11 is 0. The molecule has 144 valence electrons. The third-order valence-corrected chi connectivity index (χ3v) is 4.41. The van der Waals surface area contributed by atoms with Gasteiger partial charge in [-0.2, -0.15) is 5.10 Å². The largest absolute Gasteiger partial charge is 0.452 e. The maximum absolute atomic E-state index is 12.2. The Kier molecular flexibility index (Phi) is 7.34. The van der Waals surface area contributed by atoms with Gasteiger partial charge in [-0.25, -0.2) is 4.79 Å². The molecule has 6 heteroatoms. The molecule has 0 radical (unpaired) electrons. The van der Waals surface area contributed by atoms with Crippen molar-refractivity contribution in [2.75, 3.05) is 6.61 Å². The van der Waals surface area contributed by atoms with Crippen LogP contribution >= 0.6 is 0 Å². The zero-order valence-corrected chi connectivity index (χ0v) is 16.4. The van der Waals surface area contributed by atoms with Crippen molar-refractivity contribution < 1.29 is 14.3 Å². The Morgan fingerprint density at radius 2 is 1.96 bits per heavy atom. The van der Waals surface area contributed by atoms with Gasteiger partial charge in [0, 0.05) is 24.4 Å². The predicted octanol–water partition coefficient (Wildman–Crippen LogP) is 3.25. The number of rotatable bonds is 8. The summed E-state index contributed by atoms with van der Waals surface area (Å²) in [7, 11) is 1.85. The first kappa shape index (κ1) is 20.4. The summed E-state index contributed by atoms with van der Waals surface area (Å²) in [5.41, 5.74) is 3.72. The molecule has 0 aliphatic rings. The summed E-state index contributed by atoms with van der Waals surface area (Å²) in [6, 6.07) is 9.70. The topological polar surface area (TPSA) is 73.2 Å². The zero-order chi connectivity index (χ0) is 19.8. The SMILES string of the molecule is CCC[C@@H](NC(=O)COC(=O)/C=C/c1c(C)nn(C)c1C)c1ccccc1. The van der Waals surface area contributed by atoms with Crippen LogP contribution in [0.15, 0.2) is 36.4 Å². The molecule has 0 spiro atoms. The second-order valence-electron chi connectivity index (χ2n) is 6.47. The molecular weight excluding hydrogens is 342 g/mol. The second-order valence-corrected chi connectivity index (χ2v) is 6.47. The van der Waals surface area contributed by atoms with E-state index in [0.29, 0.717) is 0 Å². The van der Waals surface area contributed by atoms with E-state index in [1.165, 1.54) is 6.08 Å². The van der Waals surface area contributed by atoms with Crippen molar-refractivity contribution in [3.05, 3.63) is 58.9 Å². The maximum atomic E-state index is 12.2. The number of hydrogen-bond donors (Lipinski definition) is 1. The molecular formula is C21H27N3O3. The normalized spacial score (nSPS) is 12.1. The number of carbonyl (C=O) groups excluding carboxylic acids is 2. The lowest BCUT2D eigenvalue weighted by molar-refractivity contribution is -0.144. The molecule has 1 aromatic carbocycles. The van der Waals surface area contributed by atoms with Gasteiger partial charge in [0.05, 0.1) is 11.7 Å². The lowest BCUT2D eigenvalue weighted by atomic mass is 10.0. The van der Waals surface area contributed by atoms with Crippen molar-refractivity contribution in [3.8, 4) is 0 Å². The Balaban J connectivity index is 1.88. The first-order valence-corrected chi connectivity index (χ1v) is 9.11. The van der Waals surface area contributed by atoms with E-state index in [-0.39, 0.29) is 18.6 Å². The van der Waals surface area contributed by atoms with Crippen LogP contribution in [0.3, 0.4) is 0 Å². The standard InChI is InChI=1S/C21H27N3O3/c1-5-9-19(17-10-7-6-8-11-17)22-20(25)14-27-21(26)13-12-18-15(2)23-24(4)16(18)3/h6-8,10-13,19H,5,9,14H2,1-4H3,(H,22,25)/b13-12+/t19-/m1/s1. The van der Waals surface area contributed by atoms with Gasteiger partial charge in [0.25, 0.3) is 5.91 Å². The van der Waals surface area contributed by atoms with E-state index in [4.69, 9.17) is 4.74 Å². The molecule has 27 heavy (non-hydrogen) atoms. The number of aryl methyl sites for hydroxylation is 2. The van der Waals surface area contributed by atoms with E-state index < -0.39 is 5.97 Å². The van der Waals surface area contributed by atoms with Crippen LogP contribution in [0.25, 0.3) is 6.08 Å². The number of aromatic nitrogens is 2. The first-order valence-electron chi connectivity index (χ1n) is 9.11. The molecule has 1 heterocycles. The lowest BCUT2D eigenvalue weighted by Gasteiger charge is -2.18. The Morgan fingerprint density at radius 1 is 1.26 bits per heavy atom. The van der Waals surface area contributed by atoms with Crippen LogP contribution in [0, 0.1) is 13.8 Å². The van der Waals surface area contributed by atoms with E-state index in [1.807, 2.05) is 51.2 Å². The maximum Gasteiger partial charge on any atom is 0.331 e. The molecule has 0 aliphatic heterocycles. The highest BCUT2D eigenvalue weighted by Crippen LogP contribution is 2.18. The van der Waals surface area contributed by atoms with Gasteiger partial charge in [-0.3, -0.25) is 9.48 Å². The smallest absolute Gasteiger partial charge is 0.331 e. The predicted molar refractivity (Wildman–Crippen MR) is 105 cm³/mol. The quantitative estimate of drug-likeness (QED) is 0.573. The van der Waals surface area contributed by atoms with Crippen molar-refractivity contribution in [3.63, 3.8) is 0 Å². The summed E-state index contributed by atoms with van der Waals surface area (Å²) in [5, 5.41) is 7.22. The zero-order valence-electron chi connectivity index (χ0n) is 16.4. The number of esters is 1. The number of nitrogens with one attached hydrogen (secondary N) is 1. The molecule has 2 rings (SSSR count). The number of carbonyl (C=O) groups is 2. The van der Waals surface area contributed by atoms with Gasteiger partial charge in [-0.1, -0.05) is 43.7 Å². The number of amides is 1. The van der Waals surface area contributed by atoms with E-state index in [9.17, 15) is 9.59 Å². The second kappa shape index (κ2) is 9.71. The summed E-state index contributed by atoms with van der Waals surface area (Å²) < 4.78 is 6.82. The molecule has 0 aliphatic carbocycles. The molecule has 1 N–H and O–H groups in total. The van der Waals surface area contributed by atoms with Crippen LogP contribution < -0.4 is 5.32 Å². The molecule has 0 saturated carbocycles. The van der Waals surface area contributed by atoms with Gasteiger partial charge in [-0.15, -0.1) is 0 Å². The fraction of sp³-hybridized carbons (Fsp3) is 0.381. The Labute approximate surface area is 160 Å². The molecule has 1 amide bonds. The number of nitrogens with zero attached hydrogens (tertiary/aromatic N) is 2. The molecule has 0 bridgehead atoms. The third-order valence-electron chi connectivity index (χ3n) is 4.41. The van der Waals surface area contributed by atoms with Crippen molar-refractivity contribution in [2.24, 2.45) is 7.05 Å². The lowest BCUT2D eigenvalue weighted by Crippen LogP contribution is -2.32. The highest BCUT2D eigenvalue weighted by molar-refractivity contribution is 5.89. The van der Waals surface area contributed by atoms with Crippen molar-refractivity contribution in [2.45, 2.75) is 39.7 Å². The summed E-state index contributed by atoms with van der Waals surface area (Å²) in [5.74, 6) is -0.868. The van der Waals surface area contributed by atoms with Crippen LogP contribution in [0.2, 0.25) is 0 Å². The molecule has 0 fully saturated rings. The van der Waals surface area contributed by atoms with Crippen molar-refractivity contribution in [1.29, 1.82) is 0 Å². The van der Waals surface area contributed by atoms with Crippen molar-refractivity contribution >= 4 is 18.0 Å². The molecule has 0 unspecified atom stereocenters. The molecule has 6 nitrogen and oxygen atoms in total. The van der Waals surface area contributed by atoms with Crippen LogP contribution in [0.5, 0.6) is 0 Å². The van der Waals surface area contributed by atoms with Gasteiger partial charge in [0.1, 0.15) is 0 Å². The van der Waals surface area contributed by atoms with Crippen LogP contribution in [-0.4, -0.2) is 28.3 Å². The number of hydrogen-bond acceptors (Lipinski definition) is 4. The minimum atomic E-state index is -0.556. The first-order chi connectivity index (χ1) is 12.9. The summed E-state index contributed by atoms with van der Waals surface area (Å²) in [4.78, 5) is 24.1. The van der Waals surface area contributed by atoms with Gasteiger partial charge in [0.15, 0.2) is 6.61 Å². The monoisotopic (exact) mass is 369 g/mol. The third kappa shape index (κ3) is 5.81. The molecule has 2 aromatic rings.